The maximum Gasteiger partial charge on any atom is 0.315 e. The number of amides is 1. The van der Waals surface area contributed by atoms with Crippen molar-refractivity contribution in [2.45, 2.75) is 17.7 Å². The highest BCUT2D eigenvalue weighted by Gasteiger charge is 2.69. The third kappa shape index (κ3) is 3.57. The molecule has 8 heteroatoms. The Labute approximate surface area is 141 Å². The van der Waals surface area contributed by atoms with Crippen LogP contribution in [0, 0.1) is 5.41 Å². The fourth-order valence-corrected chi connectivity index (χ4v) is 2.67. The second-order valence-electron chi connectivity index (χ2n) is 4.97. The Bertz CT molecular complexity index is 605. The molecule has 0 saturated heterocycles. The molecule has 0 radical (unpaired) electrons. The number of hydrogen-bond donors (Lipinski definition) is 1. The molecule has 1 N–H and O–H groups in total. The van der Waals surface area contributed by atoms with Gasteiger partial charge in [0.15, 0.2) is 6.61 Å². The van der Waals surface area contributed by atoms with Crippen molar-refractivity contribution in [2.75, 3.05) is 11.9 Å². The third-order valence-electron chi connectivity index (χ3n) is 3.25. The van der Waals surface area contributed by atoms with Crippen LogP contribution in [0.3, 0.4) is 0 Å². The van der Waals surface area contributed by atoms with Crippen molar-refractivity contribution in [3.05, 3.63) is 28.2 Å². The molecule has 0 bridgehead atoms. The zero-order valence-corrected chi connectivity index (χ0v) is 13.9. The van der Waals surface area contributed by atoms with Gasteiger partial charge in [0, 0.05) is 12.1 Å². The molecule has 0 aromatic heterocycles. The Morgan fingerprint density at radius 2 is 1.90 bits per heavy atom. The average Bonchev–Trinajstić information content (AvgIpc) is 2.91. The quantitative estimate of drug-likeness (QED) is 0.642. The Hall–Kier alpha value is -0.680. The molecular weight excluding hydrogens is 360 g/mol. The molecule has 0 unspecified atom stereocenters. The second-order valence-corrected chi connectivity index (χ2v) is 7.26. The van der Waals surface area contributed by atoms with Crippen LogP contribution < -0.4 is 5.32 Å². The smallest absolute Gasteiger partial charge is 0.315 e. The van der Waals surface area contributed by atoms with Crippen LogP contribution in [0.25, 0.3) is 0 Å². The highest BCUT2D eigenvalue weighted by molar-refractivity contribution is 6.53. The van der Waals surface area contributed by atoms with E-state index < -0.39 is 28.2 Å². The van der Waals surface area contributed by atoms with E-state index in [4.69, 9.17) is 51.1 Å². The van der Waals surface area contributed by atoms with E-state index in [0.717, 1.165) is 0 Å². The minimum absolute atomic E-state index is 0.302. The van der Waals surface area contributed by atoms with Crippen LogP contribution in [-0.4, -0.2) is 22.8 Å². The molecule has 1 amide bonds. The molecule has 4 nitrogen and oxygen atoms in total. The van der Waals surface area contributed by atoms with Crippen LogP contribution in [0.1, 0.15) is 13.3 Å². The third-order valence-corrected chi connectivity index (χ3v) is 5.09. The molecule has 2 rings (SSSR count). The Balaban J connectivity index is 1.85. The summed E-state index contributed by atoms with van der Waals surface area (Å²) in [6, 6.07) is 4.62. The van der Waals surface area contributed by atoms with Crippen LogP contribution in [0.15, 0.2) is 18.2 Å². The van der Waals surface area contributed by atoms with Crippen LogP contribution in [0.4, 0.5) is 5.69 Å². The van der Waals surface area contributed by atoms with Crippen LogP contribution in [0.5, 0.6) is 0 Å². The van der Waals surface area contributed by atoms with E-state index in [9.17, 15) is 9.59 Å². The van der Waals surface area contributed by atoms with Gasteiger partial charge in [-0.1, -0.05) is 23.2 Å². The van der Waals surface area contributed by atoms with Crippen molar-refractivity contribution in [3.63, 3.8) is 0 Å². The number of carbonyl (C=O) groups is 2. The summed E-state index contributed by atoms with van der Waals surface area (Å²) in [5, 5.41) is 3.22. The maximum atomic E-state index is 11.8. The molecule has 1 aliphatic rings. The maximum absolute atomic E-state index is 11.8. The fourth-order valence-electron chi connectivity index (χ4n) is 1.68. The normalized spacial score (nSPS) is 22.5. The van der Waals surface area contributed by atoms with Crippen LogP contribution in [-0.2, 0) is 14.3 Å². The Kier molecular flexibility index (Phi) is 4.64. The number of alkyl halides is 2. The average molecular weight is 371 g/mol. The number of nitrogens with one attached hydrogen (secondary N) is 1. The number of benzene rings is 1. The Morgan fingerprint density at radius 1 is 1.29 bits per heavy atom. The summed E-state index contributed by atoms with van der Waals surface area (Å²) in [5.74, 6) is -1.10. The van der Waals surface area contributed by atoms with Crippen LogP contribution >= 0.6 is 46.4 Å². The largest absolute Gasteiger partial charge is 0.455 e. The van der Waals surface area contributed by atoms with Crippen molar-refractivity contribution in [3.8, 4) is 0 Å². The van der Waals surface area contributed by atoms with Gasteiger partial charge in [0.1, 0.15) is 9.75 Å². The van der Waals surface area contributed by atoms with Gasteiger partial charge in [0.2, 0.25) is 0 Å². The van der Waals surface area contributed by atoms with Crippen molar-refractivity contribution in [1.29, 1.82) is 0 Å². The van der Waals surface area contributed by atoms with Gasteiger partial charge in [-0.2, -0.15) is 0 Å². The van der Waals surface area contributed by atoms with Crippen molar-refractivity contribution < 1.29 is 14.3 Å². The lowest BCUT2D eigenvalue weighted by molar-refractivity contribution is -0.152. The van der Waals surface area contributed by atoms with E-state index >= 15 is 0 Å². The molecule has 1 fully saturated rings. The lowest BCUT2D eigenvalue weighted by Crippen LogP contribution is -2.26. The summed E-state index contributed by atoms with van der Waals surface area (Å²) in [7, 11) is 0. The van der Waals surface area contributed by atoms with Gasteiger partial charge in [-0.15, -0.1) is 23.2 Å². The second kappa shape index (κ2) is 5.84. The summed E-state index contributed by atoms with van der Waals surface area (Å²) in [4.78, 5) is 23.5. The summed E-state index contributed by atoms with van der Waals surface area (Å²) < 4.78 is 3.79. The molecule has 1 aromatic rings. The number of rotatable bonds is 4. The number of esters is 1. The van der Waals surface area contributed by atoms with E-state index in [2.05, 4.69) is 5.32 Å². The summed E-state index contributed by atoms with van der Waals surface area (Å²) in [5.41, 5.74) is -0.507. The predicted molar refractivity (Wildman–Crippen MR) is 83.2 cm³/mol. The molecule has 1 aromatic carbocycles. The van der Waals surface area contributed by atoms with Gasteiger partial charge in [0.05, 0.1) is 10.0 Å². The number of ether oxygens (including phenoxy) is 1. The zero-order valence-electron chi connectivity index (χ0n) is 10.9. The molecule has 1 saturated carbocycles. The van der Waals surface area contributed by atoms with E-state index in [1.54, 1.807) is 19.1 Å². The molecular formula is C13H11Cl4NO3. The SMILES string of the molecule is C[C@]1(C(=O)OCC(=O)Nc2ccc(Cl)c(Cl)c2)CC1(Cl)Cl. The number of halogens is 4. The summed E-state index contributed by atoms with van der Waals surface area (Å²) in [6.45, 7) is 1.16. The number of hydrogen-bond acceptors (Lipinski definition) is 3. The van der Waals surface area contributed by atoms with Gasteiger partial charge in [0.25, 0.3) is 5.91 Å². The molecule has 1 atom stereocenters. The van der Waals surface area contributed by atoms with E-state index in [-0.39, 0.29) is 0 Å². The minimum atomic E-state index is -1.12. The fraction of sp³-hybridized carbons (Fsp3) is 0.385. The number of anilines is 1. The van der Waals surface area contributed by atoms with E-state index in [1.165, 1.54) is 6.07 Å². The molecule has 0 spiro atoms. The van der Waals surface area contributed by atoms with Gasteiger partial charge in [-0.3, -0.25) is 9.59 Å². The monoisotopic (exact) mass is 369 g/mol. The molecule has 1 aliphatic carbocycles. The zero-order chi connectivity index (χ0) is 15.8. The highest BCUT2D eigenvalue weighted by Crippen LogP contribution is 2.64. The van der Waals surface area contributed by atoms with E-state index in [0.29, 0.717) is 22.2 Å². The van der Waals surface area contributed by atoms with Gasteiger partial charge in [-0.25, -0.2) is 0 Å². The van der Waals surface area contributed by atoms with E-state index in [1.807, 2.05) is 0 Å². The lowest BCUT2D eigenvalue weighted by atomic mass is 10.1. The Morgan fingerprint density at radius 3 is 2.43 bits per heavy atom. The summed E-state index contributed by atoms with van der Waals surface area (Å²) >= 11 is 23.3. The molecule has 114 valence electrons. The van der Waals surface area contributed by atoms with Crippen molar-refractivity contribution in [2.24, 2.45) is 5.41 Å². The summed E-state index contributed by atoms with van der Waals surface area (Å²) in [6.07, 6.45) is 0.302. The first-order chi connectivity index (χ1) is 9.65. The molecule has 21 heavy (non-hydrogen) atoms. The molecule has 0 heterocycles. The van der Waals surface area contributed by atoms with Crippen molar-refractivity contribution in [1.82, 2.24) is 0 Å². The standard InChI is InChI=1S/C13H11Cl4NO3/c1-12(6-13(12,16)17)11(20)21-5-10(19)18-7-2-3-8(14)9(15)4-7/h2-4H,5-6H2,1H3,(H,18,19)/t12-/m1/s1. The van der Waals surface area contributed by atoms with Gasteiger partial charge in [-0.05, 0) is 25.1 Å². The minimum Gasteiger partial charge on any atom is -0.455 e. The first-order valence-corrected chi connectivity index (χ1v) is 7.47. The van der Waals surface area contributed by atoms with Crippen LogP contribution in [0.2, 0.25) is 10.0 Å². The van der Waals surface area contributed by atoms with Crippen molar-refractivity contribution >= 4 is 64.0 Å². The first kappa shape index (κ1) is 16.7. The lowest BCUT2D eigenvalue weighted by Gasteiger charge is -2.12. The van der Waals surface area contributed by atoms with Gasteiger partial charge >= 0.3 is 5.97 Å². The van der Waals surface area contributed by atoms with Gasteiger partial charge < -0.3 is 10.1 Å². The highest BCUT2D eigenvalue weighted by atomic mass is 35.5. The molecule has 0 aliphatic heterocycles. The topological polar surface area (TPSA) is 55.4 Å². The predicted octanol–water partition coefficient (Wildman–Crippen LogP) is 4.06. The first-order valence-electron chi connectivity index (χ1n) is 5.96. The number of carbonyl (C=O) groups excluding carboxylic acids is 2.